The number of carbonyl (C=O) groups is 1. The minimum Gasteiger partial charge on any atom is -0.444 e. The molecule has 1 saturated heterocycles. The van der Waals surface area contributed by atoms with Crippen LogP contribution in [0.15, 0.2) is 243 Å². The van der Waals surface area contributed by atoms with E-state index in [2.05, 4.69) is 36.4 Å². The zero-order chi connectivity index (χ0) is 52.4. The van der Waals surface area contributed by atoms with E-state index in [1.54, 1.807) is 4.90 Å². The van der Waals surface area contributed by atoms with Gasteiger partial charge in [0.05, 0.1) is 52.2 Å². The zero-order valence-corrected chi connectivity index (χ0v) is 43.7. The molecule has 0 unspecified atom stereocenters. The van der Waals surface area contributed by atoms with Crippen LogP contribution in [-0.4, -0.2) is 66.3 Å². The molecule has 76 heavy (non-hydrogen) atoms. The fraction of sp³-hybridized carbons (Fsp3) is 0.269. The number of likely N-dealkylation sites (tertiary alicyclic amines) is 1. The largest absolute Gasteiger partial charge is 0.444 e. The Morgan fingerprint density at radius 1 is 0.461 bits per heavy atom. The predicted molar refractivity (Wildman–Crippen MR) is 297 cm³/mol. The summed E-state index contributed by atoms with van der Waals surface area (Å²) in [5.41, 5.74) is 5.66. The summed E-state index contributed by atoms with van der Waals surface area (Å²) in [5.74, 6) is 0. The highest BCUT2D eigenvalue weighted by molar-refractivity contribution is 5.69. The molecule has 390 valence electrons. The zero-order valence-electron chi connectivity index (χ0n) is 43.7. The number of hydrogen-bond acceptors (Lipinski definition) is 8. The number of nitrogens with zero attached hydrogens (tertiary/aromatic N) is 1. The molecule has 1 aliphatic rings. The van der Waals surface area contributed by atoms with Crippen LogP contribution >= 0.6 is 0 Å². The normalized spacial score (nSPS) is 16.9. The summed E-state index contributed by atoms with van der Waals surface area (Å²) in [5, 5.41) is 0. The lowest BCUT2D eigenvalue weighted by Crippen LogP contribution is -2.59. The fourth-order valence-corrected chi connectivity index (χ4v) is 9.92. The minimum absolute atomic E-state index is 0.0127. The van der Waals surface area contributed by atoms with Crippen LogP contribution in [0.1, 0.15) is 65.3 Å². The molecule has 0 N–H and O–H groups in total. The lowest BCUT2D eigenvalue weighted by atomic mass is 9.80. The Kier molecular flexibility index (Phi) is 18.7. The average Bonchev–Trinajstić information content (AvgIpc) is 3.85. The Labute approximate surface area is 448 Å². The summed E-state index contributed by atoms with van der Waals surface area (Å²) in [6, 6.07) is 80.4. The van der Waals surface area contributed by atoms with Gasteiger partial charge < -0.3 is 33.2 Å². The second-order valence-corrected chi connectivity index (χ2v) is 20.2. The number of carbonyl (C=O) groups excluding carboxylic acids is 1. The van der Waals surface area contributed by atoms with Gasteiger partial charge in [-0.2, -0.15) is 0 Å². The molecule has 0 aromatic heterocycles. The van der Waals surface area contributed by atoms with E-state index in [4.69, 9.17) is 33.2 Å². The van der Waals surface area contributed by atoms with Crippen molar-refractivity contribution in [2.75, 3.05) is 13.2 Å². The smallest absolute Gasteiger partial charge is 0.410 e. The van der Waals surface area contributed by atoms with Gasteiger partial charge in [-0.25, -0.2) is 4.79 Å². The number of rotatable bonds is 24. The molecule has 9 rings (SSSR count). The van der Waals surface area contributed by atoms with Crippen molar-refractivity contribution in [1.29, 1.82) is 0 Å². The molecular formula is C67H69NO8. The van der Waals surface area contributed by atoms with Crippen molar-refractivity contribution in [3.63, 3.8) is 0 Å². The molecule has 0 saturated carbocycles. The van der Waals surface area contributed by atoms with Crippen molar-refractivity contribution in [2.24, 2.45) is 0 Å². The Hall–Kier alpha value is -7.21. The molecule has 1 amide bonds. The van der Waals surface area contributed by atoms with Crippen LogP contribution in [0.2, 0.25) is 0 Å². The van der Waals surface area contributed by atoms with Gasteiger partial charge in [0.2, 0.25) is 0 Å². The molecule has 0 aliphatic carbocycles. The van der Waals surface area contributed by atoms with Crippen molar-refractivity contribution in [3.05, 3.63) is 287 Å². The SMILES string of the molecule is CC(C)(C)OC(=O)N1C[C@@H](OCc2ccccc2)[C@@H](OCc2ccccc2)[C@@H]1[C@@H](OCc1ccccc1)[C@H](OCc1ccccc1)[C@H](COC(c1ccccc1)(c1ccccc1)c1ccccc1)OCc1ccccc1. The fourth-order valence-electron chi connectivity index (χ4n) is 9.92. The van der Waals surface area contributed by atoms with Gasteiger partial charge in [-0.3, -0.25) is 4.90 Å². The van der Waals surface area contributed by atoms with Crippen molar-refractivity contribution >= 4 is 6.09 Å². The predicted octanol–water partition coefficient (Wildman–Crippen LogP) is 13.5. The van der Waals surface area contributed by atoms with E-state index in [9.17, 15) is 0 Å². The third kappa shape index (κ3) is 14.2. The van der Waals surface area contributed by atoms with E-state index in [-0.39, 0.29) is 46.2 Å². The van der Waals surface area contributed by atoms with Crippen LogP contribution in [0.3, 0.4) is 0 Å². The van der Waals surface area contributed by atoms with Crippen LogP contribution in [0.5, 0.6) is 0 Å². The van der Waals surface area contributed by atoms with E-state index in [0.717, 1.165) is 44.5 Å². The van der Waals surface area contributed by atoms with E-state index in [1.807, 2.05) is 227 Å². The quantitative estimate of drug-likeness (QED) is 0.0554. The lowest BCUT2D eigenvalue weighted by Gasteiger charge is -2.42. The summed E-state index contributed by atoms with van der Waals surface area (Å²) in [6.07, 6.45) is -4.64. The van der Waals surface area contributed by atoms with Crippen molar-refractivity contribution < 1.29 is 38.0 Å². The van der Waals surface area contributed by atoms with Gasteiger partial charge in [0.15, 0.2) is 0 Å². The van der Waals surface area contributed by atoms with Crippen molar-refractivity contribution in [2.45, 2.75) is 102 Å². The summed E-state index contributed by atoms with van der Waals surface area (Å²) in [6.45, 7) is 6.89. The van der Waals surface area contributed by atoms with E-state index >= 15 is 4.79 Å². The van der Waals surface area contributed by atoms with Gasteiger partial charge in [0.1, 0.15) is 41.7 Å². The summed E-state index contributed by atoms with van der Waals surface area (Å²) in [4.78, 5) is 16.9. The molecule has 1 aliphatic heterocycles. The number of hydrogen-bond donors (Lipinski definition) is 0. The highest BCUT2D eigenvalue weighted by atomic mass is 16.6. The van der Waals surface area contributed by atoms with E-state index in [0.29, 0.717) is 0 Å². The van der Waals surface area contributed by atoms with Gasteiger partial charge >= 0.3 is 6.09 Å². The molecule has 0 bridgehead atoms. The van der Waals surface area contributed by atoms with Gasteiger partial charge in [0.25, 0.3) is 0 Å². The number of amides is 1. The first-order valence-corrected chi connectivity index (χ1v) is 26.3. The Morgan fingerprint density at radius 2 is 0.816 bits per heavy atom. The summed E-state index contributed by atoms with van der Waals surface area (Å²) < 4.78 is 50.3. The second-order valence-electron chi connectivity index (χ2n) is 20.2. The van der Waals surface area contributed by atoms with Crippen LogP contribution in [-0.2, 0) is 71.8 Å². The molecular weight excluding hydrogens is 947 g/mol. The Bertz CT molecular complexity index is 2820. The lowest BCUT2D eigenvalue weighted by molar-refractivity contribution is -0.197. The van der Waals surface area contributed by atoms with Crippen LogP contribution in [0, 0.1) is 0 Å². The molecule has 0 radical (unpaired) electrons. The molecule has 8 aromatic carbocycles. The third-order valence-electron chi connectivity index (χ3n) is 13.6. The molecule has 8 aromatic rings. The minimum atomic E-state index is -1.11. The first kappa shape index (κ1) is 53.6. The highest BCUT2D eigenvalue weighted by Crippen LogP contribution is 2.42. The van der Waals surface area contributed by atoms with E-state index in [1.165, 1.54) is 0 Å². The number of benzene rings is 8. The van der Waals surface area contributed by atoms with Crippen LogP contribution in [0.25, 0.3) is 0 Å². The van der Waals surface area contributed by atoms with Crippen LogP contribution in [0.4, 0.5) is 4.79 Å². The average molecular weight is 1020 g/mol. The molecule has 1 heterocycles. The van der Waals surface area contributed by atoms with Crippen molar-refractivity contribution in [1.82, 2.24) is 4.90 Å². The third-order valence-corrected chi connectivity index (χ3v) is 13.6. The first-order chi connectivity index (χ1) is 37.2. The second kappa shape index (κ2) is 26.5. The van der Waals surface area contributed by atoms with Crippen LogP contribution < -0.4 is 0 Å². The number of ether oxygens (including phenoxy) is 7. The monoisotopic (exact) mass is 1020 g/mol. The summed E-state index contributed by atoms with van der Waals surface area (Å²) >= 11 is 0. The van der Waals surface area contributed by atoms with Gasteiger partial charge in [-0.15, -0.1) is 0 Å². The van der Waals surface area contributed by atoms with Crippen molar-refractivity contribution in [3.8, 4) is 0 Å². The maximum atomic E-state index is 15.1. The molecule has 9 heteroatoms. The van der Waals surface area contributed by atoms with E-state index < -0.39 is 53.9 Å². The topological polar surface area (TPSA) is 84.9 Å². The molecule has 6 atom stereocenters. The van der Waals surface area contributed by atoms with Gasteiger partial charge in [-0.05, 0) is 65.3 Å². The molecule has 9 nitrogen and oxygen atoms in total. The maximum Gasteiger partial charge on any atom is 0.410 e. The Morgan fingerprint density at radius 3 is 1.22 bits per heavy atom. The van der Waals surface area contributed by atoms with Gasteiger partial charge in [0, 0.05) is 0 Å². The molecule has 1 fully saturated rings. The standard InChI is InChI=1S/C67H69NO8/c1-66(2,3)76-65(69)68-44-59(70-45-51-28-12-4-13-29-51)62(72-47-53-32-16-6-17-33-53)61(68)64(74-49-55-36-20-8-21-37-55)63(73-48-54-34-18-7-19-35-54)60(71-46-52-30-14-5-15-31-52)50-75-67(56-38-22-9-23-39-56,57-40-24-10-25-41-57)58-42-26-11-27-43-58/h4-43,59-64H,44-50H2,1-3H3/t59-,60+,61-,62-,63-,64-/m1/s1. The first-order valence-electron chi connectivity index (χ1n) is 26.3. The van der Waals surface area contributed by atoms with Gasteiger partial charge in [-0.1, -0.05) is 243 Å². The molecule has 0 spiro atoms. The Balaban J connectivity index is 1.22. The maximum absolute atomic E-state index is 15.1. The highest BCUT2D eigenvalue weighted by Gasteiger charge is 2.55. The summed E-state index contributed by atoms with van der Waals surface area (Å²) in [7, 11) is 0.